The van der Waals surface area contributed by atoms with Crippen molar-refractivity contribution in [3.63, 3.8) is 0 Å². The van der Waals surface area contributed by atoms with Gasteiger partial charge in [-0.15, -0.1) is 11.3 Å². The number of benzene rings is 10. The third-order valence-electron chi connectivity index (χ3n) is 15.1. The average molecular weight is 888 g/mol. The maximum atomic E-state index is 2.46. The van der Waals surface area contributed by atoms with Gasteiger partial charge in [0.2, 0.25) is 0 Å². The van der Waals surface area contributed by atoms with Crippen LogP contribution in [0.2, 0.25) is 0 Å². The Hall–Kier alpha value is -7.78. The van der Waals surface area contributed by atoms with Gasteiger partial charge in [0.15, 0.2) is 0 Å². The Bertz CT molecular complexity index is 3780. The third-order valence-corrected chi connectivity index (χ3v) is 16.2. The van der Waals surface area contributed by atoms with Gasteiger partial charge in [-0.05, 0) is 156 Å². The van der Waals surface area contributed by atoms with E-state index in [2.05, 4.69) is 257 Å². The highest BCUT2D eigenvalue weighted by molar-refractivity contribution is 7.25. The average Bonchev–Trinajstić information content (AvgIpc) is 3.96. The molecule has 0 radical (unpaired) electrons. The van der Waals surface area contributed by atoms with Gasteiger partial charge in [-0.25, -0.2) is 0 Å². The maximum absolute atomic E-state index is 2.46. The molecule has 2 heteroatoms. The number of nitrogens with zero attached hydrogens (tertiary/aromatic N) is 1. The molecule has 0 fully saturated rings. The van der Waals surface area contributed by atoms with E-state index in [-0.39, 0.29) is 10.8 Å². The van der Waals surface area contributed by atoms with Gasteiger partial charge in [0.1, 0.15) is 0 Å². The minimum absolute atomic E-state index is 0.125. The molecule has 0 amide bonds. The summed E-state index contributed by atoms with van der Waals surface area (Å²) in [6.45, 7) is 9.52. The summed E-state index contributed by atoms with van der Waals surface area (Å²) in [5.74, 6) is 0. The fourth-order valence-corrected chi connectivity index (χ4v) is 12.6. The van der Waals surface area contributed by atoms with E-state index >= 15 is 0 Å². The van der Waals surface area contributed by atoms with Crippen LogP contribution in [0.5, 0.6) is 0 Å². The van der Waals surface area contributed by atoms with E-state index in [1.54, 1.807) is 0 Å². The molecule has 10 aromatic carbocycles. The molecular weight excluding hydrogens is 839 g/mol. The summed E-state index contributed by atoms with van der Waals surface area (Å²) >= 11 is 1.87. The fraction of sp³-hybridized carbons (Fsp3) is 0.0909. The van der Waals surface area contributed by atoms with Crippen LogP contribution in [-0.4, -0.2) is 0 Å². The van der Waals surface area contributed by atoms with E-state index < -0.39 is 0 Å². The predicted molar refractivity (Wildman–Crippen MR) is 291 cm³/mol. The zero-order valence-electron chi connectivity index (χ0n) is 38.7. The maximum Gasteiger partial charge on any atom is 0.0467 e. The minimum Gasteiger partial charge on any atom is -0.310 e. The molecule has 0 bridgehead atoms. The van der Waals surface area contributed by atoms with E-state index in [0.717, 1.165) is 17.1 Å². The predicted octanol–water partition coefficient (Wildman–Crippen LogP) is 18.8. The first kappa shape index (κ1) is 40.5. The number of rotatable bonds is 7. The molecule has 13 rings (SSSR count). The van der Waals surface area contributed by atoms with Crippen molar-refractivity contribution >= 4 is 48.6 Å². The van der Waals surface area contributed by atoms with Gasteiger partial charge in [0.05, 0.1) is 0 Å². The topological polar surface area (TPSA) is 3.24 Å². The van der Waals surface area contributed by atoms with Crippen molar-refractivity contribution in [2.24, 2.45) is 0 Å². The van der Waals surface area contributed by atoms with Crippen molar-refractivity contribution in [1.29, 1.82) is 0 Å². The summed E-state index contributed by atoms with van der Waals surface area (Å²) in [6.07, 6.45) is 0. The van der Waals surface area contributed by atoms with Crippen LogP contribution >= 0.6 is 11.3 Å². The van der Waals surface area contributed by atoms with Gasteiger partial charge >= 0.3 is 0 Å². The van der Waals surface area contributed by atoms with Gasteiger partial charge < -0.3 is 4.90 Å². The van der Waals surface area contributed by atoms with Crippen LogP contribution in [-0.2, 0) is 10.8 Å². The van der Waals surface area contributed by atoms with Crippen LogP contribution in [0.4, 0.5) is 17.1 Å². The normalized spacial score (nSPS) is 13.8. The number of hydrogen-bond acceptors (Lipinski definition) is 2. The molecule has 0 N–H and O–H groups in total. The molecule has 68 heavy (non-hydrogen) atoms. The van der Waals surface area contributed by atoms with Gasteiger partial charge in [0.25, 0.3) is 0 Å². The van der Waals surface area contributed by atoms with Crippen LogP contribution in [0.25, 0.3) is 86.9 Å². The molecule has 324 valence electrons. The molecule has 1 aromatic heterocycles. The molecule has 1 heterocycles. The molecule has 0 spiro atoms. The largest absolute Gasteiger partial charge is 0.310 e. The smallest absolute Gasteiger partial charge is 0.0467 e. The Morgan fingerprint density at radius 3 is 1.68 bits per heavy atom. The summed E-state index contributed by atoms with van der Waals surface area (Å²) in [5.41, 5.74) is 23.7. The first-order valence-corrected chi connectivity index (χ1v) is 24.6. The summed E-state index contributed by atoms with van der Waals surface area (Å²) < 4.78 is 2.65. The monoisotopic (exact) mass is 887 g/mol. The fourth-order valence-electron chi connectivity index (χ4n) is 11.5. The van der Waals surface area contributed by atoms with Gasteiger partial charge in [-0.3, -0.25) is 0 Å². The first-order chi connectivity index (χ1) is 33.2. The Kier molecular flexibility index (Phi) is 9.16. The van der Waals surface area contributed by atoms with Crippen LogP contribution < -0.4 is 4.90 Å². The van der Waals surface area contributed by atoms with E-state index in [0.29, 0.717) is 0 Å². The quantitative estimate of drug-likeness (QED) is 0.154. The van der Waals surface area contributed by atoms with Gasteiger partial charge in [-0.2, -0.15) is 0 Å². The van der Waals surface area contributed by atoms with E-state index in [4.69, 9.17) is 0 Å². The highest BCUT2D eigenvalue weighted by Crippen LogP contribution is 2.55. The highest BCUT2D eigenvalue weighted by atomic mass is 32.1. The third kappa shape index (κ3) is 6.35. The summed E-state index contributed by atoms with van der Waals surface area (Å²) in [7, 11) is 0. The Balaban J connectivity index is 0.935. The van der Waals surface area contributed by atoms with E-state index in [1.807, 2.05) is 11.3 Å². The molecule has 11 aromatic rings. The van der Waals surface area contributed by atoms with Crippen LogP contribution in [0.3, 0.4) is 0 Å². The molecule has 0 atom stereocenters. The Labute approximate surface area is 403 Å². The number of anilines is 3. The van der Waals surface area contributed by atoms with Crippen LogP contribution in [0, 0.1) is 0 Å². The molecule has 0 aliphatic heterocycles. The Morgan fingerprint density at radius 2 is 0.853 bits per heavy atom. The molecular formula is C66H49NS. The standard InChI is InChI=1S/C66H49NS/c1-65(2)58-24-13-11-22-52(58)53-34-32-51(41-60(53)65)67(49-30-26-43(27-31-49)47-28-33-55-54-23-12-14-25-62(54)68-63(55)40-47)50-21-15-20-45(36-50)46-29-35-59-57(37-46)64-56(44-18-9-6-10-19-44)38-48(39-61(64)66(59,3)4)42-16-7-5-8-17-42/h5-41H,1-4H3. The van der Waals surface area contributed by atoms with Crippen molar-refractivity contribution in [3.8, 4) is 66.8 Å². The second kappa shape index (κ2) is 15.4. The zero-order valence-corrected chi connectivity index (χ0v) is 39.5. The lowest BCUT2D eigenvalue weighted by Crippen LogP contribution is -2.16. The summed E-state index contributed by atoms with van der Waals surface area (Å²) in [4.78, 5) is 2.45. The van der Waals surface area contributed by atoms with E-state index in [1.165, 1.54) is 109 Å². The lowest BCUT2D eigenvalue weighted by molar-refractivity contribution is 0.660. The molecule has 2 aliphatic rings. The van der Waals surface area contributed by atoms with Gasteiger partial charge in [0, 0.05) is 48.1 Å². The summed E-state index contributed by atoms with van der Waals surface area (Å²) in [5, 5.41) is 2.65. The van der Waals surface area contributed by atoms with Crippen molar-refractivity contribution in [3.05, 3.63) is 247 Å². The summed E-state index contributed by atoms with van der Waals surface area (Å²) in [6, 6.07) is 83.8. The lowest BCUT2D eigenvalue weighted by Gasteiger charge is -2.28. The highest BCUT2D eigenvalue weighted by Gasteiger charge is 2.38. The van der Waals surface area contributed by atoms with Crippen molar-refractivity contribution in [2.45, 2.75) is 38.5 Å². The minimum atomic E-state index is -0.174. The van der Waals surface area contributed by atoms with Gasteiger partial charge in [-0.1, -0.05) is 185 Å². The lowest BCUT2D eigenvalue weighted by atomic mass is 9.80. The molecule has 2 aliphatic carbocycles. The molecule has 0 saturated heterocycles. The van der Waals surface area contributed by atoms with E-state index in [9.17, 15) is 0 Å². The second-order valence-corrected chi connectivity index (χ2v) is 20.8. The number of fused-ring (bicyclic) bond motifs is 9. The Morgan fingerprint density at radius 1 is 0.294 bits per heavy atom. The SMILES string of the molecule is CC1(C)c2ccccc2-c2ccc(N(c3ccc(-c4ccc5c(c4)sc4ccccc45)cc3)c3cccc(-c4ccc5c(c4)-c4c(-c6ccccc6)cc(-c6ccccc6)cc4C5(C)C)c3)cc21. The van der Waals surface area contributed by atoms with Crippen LogP contribution in [0.1, 0.15) is 49.9 Å². The number of thiophene rings is 1. The zero-order chi connectivity index (χ0) is 45.7. The molecule has 0 unspecified atom stereocenters. The van der Waals surface area contributed by atoms with Crippen LogP contribution in [0.15, 0.2) is 224 Å². The molecule has 1 nitrogen and oxygen atoms in total. The van der Waals surface area contributed by atoms with Crippen molar-refractivity contribution < 1.29 is 0 Å². The second-order valence-electron chi connectivity index (χ2n) is 19.7. The molecule has 0 saturated carbocycles. The first-order valence-electron chi connectivity index (χ1n) is 23.8. The van der Waals surface area contributed by atoms with Crippen molar-refractivity contribution in [2.75, 3.05) is 4.90 Å². The number of hydrogen-bond donors (Lipinski definition) is 0. The van der Waals surface area contributed by atoms with Crippen molar-refractivity contribution in [1.82, 2.24) is 0 Å².